The molecule has 0 spiro atoms. The zero-order valence-electron chi connectivity index (χ0n) is 17.8. The molecule has 0 unspecified atom stereocenters. The van der Waals surface area contributed by atoms with Crippen molar-refractivity contribution >= 4 is 17.2 Å². The summed E-state index contributed by atoms with van der Waals surface area (Å²) in [7, 11) is 1.63. The maximum absolute atomic E-state index is 14.0. The van der Waals surface area contributed by atoms with E-state index in [4.69, 9.17) is 9.26 Å². The quantitative estimate of drug-likeness (QED) is 0.493. The summed E-state index contributed by atoms with van der Waals surface area (Å²) in [5.74, 6) is 1.16. The number of benzene rings is 3. The number of carbonyl (C=O) groups excluding carboxylic acids is 1. The lowest BCUT2D eigenvalue weighted by Gasteiger charge is -2.30. The molecule has 2 heterocycles. The van der Waals surface area contributed by atoms with Gasteiger partial charge in [-0.15, -0.1) is 0 Å². The smallest absolute Gasteiger partial charge is 0.244 e. The van der Waals surface area contributed by atoms with E-state index in [2.05, 4.69) is 10.5 Å². The average Bonchev–Trinajstić information content (AvgIpc) is 3.41. The first kappa shape index (κ1) is 19.8. The summed E-state index contributed by atoms with van der Waals surface area (Å²) in [4.78, 5) is 14.0. The molecule has 0 bridgehead atoms. The molecule has 3 aromatic carbocycles. The van der Waals surface area contributed by atoms with E-state index < -0.39 is 5.41 Å². The van der Waals surface area contributed by atoms with Crippen molar-refractivity contribution in [1.29, 1.82) is 0 Å². The Balaban J connectivity index is 1.87. The zero-order chi connectivity index (χ0) is 22.1. The van der Waals surface area contributed by atoms with Gasteiger partial charge in [0, 0.05) is 11.6 Å². The Morgan fingerprint density at radius 3 is 1.97 bits per heavy atom. The largest absolute Gasteiger partial charge is 0.497 e. The van der Waals surface area contributed by atoms with Gasteiger partial charge in [-0.3, -0.25) is 4.79 Å². The van der Waals surface area contributed by atoms with Crippen LogP contribution in [0, 0.1) is 6.92 Å². The van der Waals surface area contributed by atoms with Crippen LogP contribution >= 0.6 is 0 Å². The predicted octanol–water partition coefficient (Wildman–Crippen LogP) is 4.98. The average molecular weight is 422 g/mol. The van der Waals surface area contributed by atoms with Crippen molar-refractivity contribution in [2.75, 3.05) is 7.11 Å². The van der Waals surface area contributed by atoms with Crippen LogP contribution in [-0.2, 0) is 10.2 Å². The molecule has 1 aliphatic rings. The Kier molecular flexibility index (Phi) is 4.86. The number of hydrogen-bond acceptors (Lipinski definition) is 4. The lowest BCUT2D eigenvalue weighted by atomic mass is 9.68. The maximum Gasteiger partial charge on any atom is 0.244 e. The van der Waals surface area contributed by atoms with Crippen LogP contribution < -0.4 is 10.1 Å². The molecule has 1 amide bonds. The number of hydrogen-bond donors (Lipinski definition) is 1. The summed E-state index contributed by atoms with van der Waals surface area (Å²) < 4.78 is 11.1. The standard InChI is InChI=1S/C27H22N2O3/c1-18-17-23(32-29-18)24-25(19-13-15-22(31-2)16-14-19)28-26(30)27(24,20-9-5-3-6-10-20)21-11-7-4-8-12-21/h3-17H,1-2H3,(H,28,30). The molecular formula is C27H22N2O3. The number of carbonyl (C=O) groups is 1. The minimum absolute atomic E-state index is 0.134. The predicted molar refractivity (Wildman–Crippen MR) is 123 cm³/mol. The van der Waals surface area contributed by atoms with Crippen LogP contribution in [0.25, 0.3) is 11.3 Å². The van der Waals surface area contributed by atoms with Gasteiger partial charge in [0.1, 0.15) is 11.2 Å². The number of ether oxygens (including phenoxy) is 1. The number of nitrogens with zero attached hydrogens (tertiary/aromatic N) is 1. The van der Waals surface area contributed by atoms with E-state index in [0.29, 0.717) is 11.5 Å². The lowest BCUT2D eigenvalue weighted by Crippen LogP contribution is -2.39. The Labute approximate surface area is 186 Å². The van der Waals surface area contributed by atoms with Gasteiger partial charge in [0.05, 0.1) is 18.5 Å². The summed E-state index contributed by atoms with van der Waals surface area (Å²) in [6.07, 6.45) is 0. The molecule has 4 aromatic rings. The van der Waals surface area contributed by atoms with E-state index in [1.165, 1.54) is 0 Å². The first-order valence-corrected chi connectivity index (χ1v) is 10.4. The Morgan fingerprint density at radius 2 is 1.47 bits per heavy atom. The highest BCUT2D eigenvalue weighted by atomic mass is 16.5. The fourth-order valence-electron chi connectivity index (χ4n) is 4.43. The van der Waals surface area contributed by atoms with Crippen LogP contribution in [0.2, 0.25) is 0 Å². The molecule has 5 heteroatoms. The van der Waals surface area contributed by atoms with E-state index in [-0.39, 0.29) is 5.91 Å². The Morgan fingerprint density at radius 1 is 0.875 bits per heavy atom. The van der Waals surface area contributed by atoms with Gasteiger partial charge >= 0.3 is 0 Å². The number of rotatable bonds is 5. The molecule has 0 fully saturated rings. The van der Waals surface area contributed by atoms with Crippen molar-refractivity contribution in [1.82, 2.24) is 10.5 Å². The lowest BCUT2D eigenvalue weighted by molar-refractivity contribution is -0.121. The van der Waals surface area contributed by atoms with Gasteiger partial charge in [-0.1, -0.05) is 65.8 Å². The molecule has 1 N–H and O–H groups in total. The SMILES string of the molecule is COc1ccc(C2=C(c3cc(C)no3)C(c3ccccc3)(c3ccccc3)C(=O)N2)cc1. The van der Waals surface area contributed by atoms with Gasteiger partial charge in [0.25, 0.3) is 0 Å². The minimum Gasteiger partial charge on any atom is -0.497 e. The summed E-state index contributed by atoms with van der Waals surface area (Å²) in [5.41, 5.74) is 3.66. The highest BCUT2D eigenvalue weighted by Crippen LogP contribution is 2.51. The Hall–Kier alpha value is -4.12. The van der Waals surface area contributed by atoms with Crippen molar-refractivity contribution < 1.29 is 14.1 Å². The highest BCUT2D eigenvalue weighted by molar-refractivity contribution is 6.20. The minimum atomic E-state index is -1.09. The number of aryl methyl sites for hydroxylation is 1. The van der Waals surface area contributed by atoms with E-state index in [1.54, 1.807) is 7.11 Å². The highest BCUT2D eigenvalue weighted by Gasteiger charge is 2.53. The van der Waals surface area contributed by atoms with Crippen LogP contribution in [0.3, 0.4) is 0 Å². The molecule has 0 aliphatic carbocycles. The van der Waals surface area contributed by atoms with Crippen LogP contribution in [0.1, 0.15) is 28.1 Å². The molecule has 0 radical (unpaired) electrons. The fourth-order valence-corrected chi connectivity index (χ4v) is 4.43. The molecule has 0 saturated carbocycles. The van der Waals surface area contributed by atoms with Crippen molar-refractivity contribution in [2.45, 2.75) is 12.3 Å². The van der Waals surface area contributed by atoms with Crippen LogP contribution in [0.5, 0.6) is 5.75 Å². The second kappa shape index (κ2) is 7.85. The van der Waals surface area contributed by atoms with E-state index in [0.717, 1.165) is 33.7 Å². The molecule has 1 aromatic heterocycles. The zero-order valence-corrected chi connectivity index (χ0v) is 17.8. The van der Waals surface area contributed by atoms with E-state index in [9.17, 15) is 4.79 Å². The fraction of sp³-hybridized carbons (Fsp3) is 0.111. The number of aromatic nitrogens is 1. The number of amides is 1. The van der Waals surface area contributed by atoms with E-state index in [1.807, 2.05) is 97.9 Å². The van der Waals surface area contributed by atoms with Crippen LogP contribution in [0.15, 0.2) is 95.5 Å². The molecule has 1 aliphatic heterocycles. The Bertz CT molecular complexity index is 1250. The topological polar surface area (TPSA) is 64.4 Å². The van der Waals surface area contributed by atoms with Gasteiger partial charge in [-0.05, 0) is 47.9 Å². The monoisotopic (exact) mass is 422 g/mol. The van der Waals surface area contributed by atoms with Crippen molar-refractivity contribution in [2.24, 2.45) is 0 Å². The van der Waals surface area contributed by atoms with Gasteiger partial charge in [0.15, 0.2) is 5.76 Å². The molecule has 158 valence electrons. The summed E-state index contributed by atoms with van der Waals surface area (Å²) in [5, 5.41) is 7.29. The second-order valence-corrected chi connectivity index (χ2v) is 7.75. The number of methoxy groups -OCH3 is 1. The molecule has 0 atom stereocenters. The van der Waals surface area contributed by atoms with Crippen molar-refractivity contribution in [3.8, 4) is 5.75 Å². The summed E-state index contributed by atoms with van der Waals surface area (Å²) in [6.45, 7) is 1.87. The first-order valence-electron chi connectivity index (χ1n) is 10.4. The first-order chi connectivity index (χ1) is 15.6. The number of nitrogens with one attached hydrogen (secondary N) is 1. The maximum atomic E-state index is 14.0. The van der Waals surface area contributed by atoms with Crippen molar-refractivity contribution in [3.63, 3.8) is 0 Å². The third kappa shape index (κ3) is 3.02. The second-order valence-electron chi connectivity index (χ2n) is 7.75. The van der Waals surface area contributed by atoms with Crippen LogP contribution in [0.4, 0.5) is 0 Å². The molecule has 0 saturated heterocycles. The van der Waals surface area contributed by atoms with Gasteiger partial charge in [-0.2, -0.15) is 0 Å². The van der Waals surface area contributed by atoms with Gasteiger partial charge in [0.2, 0.25) is 5.91 Å². The molecule has 5 nitrogen and oxygen atoms in total. The van der Waals surface area contributed by atoms with Crippen molar-refractivity contribution in [3.05, 3.63) is 119 Å². The summed E-state index contributed by atoms with van der Waals surface area (Å²) >= 11 is 0. The molecular weight excluding hydrogens is 400 g/mol. The van der Waals surface area contributed by atoms with Gasteiger partial charge < -0.3 is 14.6 Å². The van der Waals surface area contributed by atoms with E-state index >= 15 is 0 Å². The summed E-state index contributed by atoms with van der Waals surface area (Å²) in [6, 6.07) is 29.1. The normalized spacial score (nSPS) is 15.0. The molecule has 32 heavy (non-hydrogen) atoms. The molecule has 5 rings (SSSR count). The third-order valence-electron chi connectivity index (χ3n) is 5.87. The van der Waals surface area contributed by atoms with Gasteiger partial charge in [-0.25, -0.2) is 0 Å². The third-order valence-corrected chi connectivity index (χ3v) is 5.87. The van der Waals surface area contributed by atoms with Crippen LogP contribution in [-0.4, -0.2) is 18.2 Å².